The highest BCUT2D eigenvalue weighted by molar-refractivity contribution is 7.15. The number of nitrogens with zero attached hydrogens (tertiary/aromatic N) is 2. The Morgan fingerprint density at radius 3 is 2.52 bits per heavy atom. The zero-order valence-corrected chi connectivity index (χ0v) is 14.5. The van der Waals surface area contributed by atoms with Crippen LogP contribution in [0.15, 0.2) is 0 Å². The summed E-state index contributed by atoms with van der Waals surface area (Å²) in [5, 5.41) is 16.0. The molecule has 0 aliphatic heterocycles. The molecule has 0 aliphatic rings. The van der Waals surface area contributed by atoms with E-state index in [1.165, 1.54) is 0 Å². The van der Waals surface area contributed by atoms with Gasteiger partial charge in [-0.1, -0.05) is 25.2 Å². The van der Waals surface area contributed by atoms with Gasteiger partial charge in [-0.25, -0.2) is 4.79 Å². The molecule has 7 heteroatoms. The summed E-state index contributed by atoms with van der Waals surface area (Å²) in [6, 6.07) is 0.0531. The molecule has 1 unspecified atom stereocenters. The Morgan fingerprint density at radius 2 is 1.95 bits per heavy atom. The lowest BCUT2D eigenvalue weighted by Gasteiger charge is -2.21. The van der Waals surface area contributed by atoms with Crippen molar-refractivity contribution in [2.24, 2.45) is 5.92 Å². The Kier molecular flexibility index (Phi) is 6.39. The second-order valence-electron chi connectivity index (χ2n) is 6.53. The smallest absolute Gasteiger partial charge is 0.407 e. The summed E-state index contributed by atoms with van der Waals surface area (Å²) >= 11 is 1.56. The van der Waals surface area contributed by atoms with Crippen molar-refractivity contribution in [2.45, 2.75) is 59.6 Å². The molecule has 1 aromatic heterocycles. The van der Waals surface area contributed by atoms with Gasteiger partial charge in [-0.05, 0) is 33.6 Å². The van der Waals surface area contributed by atoms with Crippen molar-refractivity contribution in [1.29, 1.82) is 0 Å². The first-order valence-electron chi connectivity index (χ1n) is 7.21. The van der Waals surface area contributed by atoms with E-state index in [-0.39, 0.29) is 6.04 Å². The number of hydrogen-bond donors (Lipinski definition) is 2. The fraction of sp³-hybridized carbons (Fsp3) is 0.786. The highest BCUT2D eigenvalue weighted by Crippen LogP contribution is 2.18. The Labute approximate surface area is 130 Å². The molecule has 0 fully saturated rings. The summed E-state index contributed by atoms with van der Waals surface area (Å²) in [6.07, 6.45) is 0.526. The van der Waals surface area contributed by atoms with E-state index in [0.29, 0.717) is 12.5 Å². The fourth-order valence-corrected chi connectivity index (χ4v) is 2.62. The number of ether oxygens (including phenoxy) is 1. The number of nitrogens with one attached hydrogen (secondary N) is 2. The topological polar surface area (TPSA) is 76.1 Å². The highest BCUT2D eigenvalue weighted by atomic mass is 32.1. The van der Waals surface area contributed by atoms with Gasteiger partial charge in [0, 0.05) is 19.0 Å². The van der Waals surface area contributed by atoms with Crippen molar-refractivity contribution in [3.63, 3.8) is 0 Å². The van der Waals surface area contributed by atoms with Gasteiger partial charge in [0.1, 0.15) is 10.6 Å². The van der Waals surface area contributed by atoms with Crippen LogP contribution in [0, 0.1) is 5.92 Å². The largest absolute Gasteiger partial charge is 0.444 e. The molecule has 6 nitrogen and oxygen atoms in total. The number of aromatic nitrogens is 2. The van der Waals surface area contributed by atoms with Crippen LogP contribution >= 0.6 is 11.3 Å². The Balaban J connectivity index is 2.35. The maximum absolute atomic E-state index is 11.6. The van der Waals surface area contributed by atoms with Crippen molar-refractivity contribution < 1.29 is 9.53 Å². The summed E-state index contributed by atoms with van der Waals surface area (Å²) in [6.45, 7) is 12.3. The monoisotopic (exact) mass is 314 g/mol. The average Bonchev–Trinajstić information content (AvgIpc) is 2.70. The number of anilines is 1. The van der Waals surface area contributed by atoms with Crippen molar-refractivity contribution in [3.8, 4) is 0 Å². The molecule has 2 N–H and O–H groups in total. The van der Waals surface area contributed by atoms with Crippen LogP contribution in [0.4, 0.5) is 9.93 Å². The predicted octanol–water partition coefficient (Wildman–Crippen LogP) is 3.06. The number of carbonyl (C=O) groups excluding carboxylic acids is 1. The van der Waals surface area contributed by atoms with E-state index in [2.05, 4.69) is 34.7 Å². The van der Waals surface area contributed by atoms with Crippen molar-refractivity contribution in [3.05, 3.63) is 5.01 Å². The summed E-state index contributed by atoms with van der Waals surface area (Å²) in [4.78, 5) is 11.6. The van der Waals surface area contributed by atoms with Crippen LogP contribution in [-0.4, -0.2) is 34.5 Å². The number of hydrogen-bond acceptors (Lipinski definition) is 6. The summed E-state index contributed by atoms with van der Waals surface area (Å²) in [5.74, 6) is 0.567. The molecule has 21 heavy (non-hydrogen) atoms. The van der Waals surface area contributed by atoms with Gasteiger partial charge in [0.05, 0.1) is 0 Å². The van der Waals surface area contributed by atoms with Crippen molar-refractivity contribution >= 4 is 22.6 Å². The number of alkyl carbamates (subject to hydrolysis) is 1. The Hall–Kier alpha value is -1.37. The summed E-state index contributed by atoms with van der Waals surface area (Å²) in [7, 11) is 0. The first kappa shape index (κ1) is 17.7. The Morgan fingerprint density at radius 1 is 1.29 bits per heavy atom. The second-order valence-corrected chi connectivity index (χ2v) is 7.59. The molecule has 0 aromatic carbocycles. The summed E-state index contributed by atoms with van der Waals surface area (Å²) in [5.41, 5.74) is -0.480. The average molecular weight is 314 g/mol. The molecular formula is C14H26N4O2S. The predicted molar refractivity (Wildman–Crippen MR) is 85.8 cm³/mol. The fourth-order valence-electron chi connectivity index (χ4n) is 1.56. The molecule has 0 spiro atoms. The van der Waals surface area contributed by atoms with Crippen LogP contribution in [0.1, 0.15) is 46.6 Å². The van der Waals surface area contributed by atoms with Crippen LogP contribution in [0.2, 0.25) is 0 Å². The molecule has 1 amide bonds. The van der Waals surface area contributed by atoms with Crippen LogP contribution in [0.5, 0.6) is 0 Å². The lowest BCUT2D eigenvalue weighted by Crippen LogP contribution is -2.38. The molecule has 1 atom stereocenters. The Bertz CT molecular complexity index is 454. The van der Waals surface area contributed by atoms with Crippen LogP contribution in [0.25, 0.3) is 0 Å². The molecule has 0 saturated carbocycles. The van der Waals surface area contributed by atoms with Gasteiger partial charge in [-0.3, -0.25) is 0 Å². The van der Waals surface area contributed by atoms with Gasteiger partial charge >= 0.3 is 6.09 Å². The normalized spacial score (nSPS) is 13.1. The number of carbonyl (C=O) groups is 1. The standard InChI is InChI=1S/C14H26N4O2S/c1-9(2)7-11-17-18-12(21-11)16-10(3)8-15-13(19)20-14(4,5)6/h9-10H,7-8H2,1-6H3,(H,15,19)(H,16,18). The van der Waals surface area contributed by atoms with E-state index >= 15 is 0 Å². The number of amides is 1. The molecule has 0 bridgehead atoms. The maximum atomic E-state index is 11.6. The molecule has 1 aromatic rings. The molecular weight excluding hydrogens is 288 g/mol. The third-order valence-electron chi connectivity index (χ3n) is 2.37. The zero-order valence-electron chi connectivity index (χ0n) is 13.7. The van der Waals surface area contributed by atoms with Crippen molar-refractivity contribution in [2.75, 3.05) is 11.9 Å². The second kappa shape index (κ2) is 7.59. The van der Waals surface area contributed by atoms with Gasteiger partial charge in [-0.2, -0.15) is 0 Å². The highest BCUT2D eigenvalue weighted by Gasteiger charge is 2.16. The molecule has 1 rings (SSSR count). The molecule has 0 aliphatic carbocycles. The van der Waals surface area contributed by atoms with Gasteiger partial charge in [-0.15, -0.1) is 10.2 Å². The minimum absolute atomic E-state index is 0.0531. The van der Waals surface area contributed by atoms with Crippen LogP contribution in [-0.2, 0) is 11.2 Å². The quantitative estimate of drug-likeness (QED) is 0.844. The molecule has 1 heterocycles. The van der Waals surface area contributed by atoms with E-state index in [0.717, 1.165) is 16.6 Å². The minimum atomic E-state index is -0.480. The van der Waals surface area contributed by atoms with Gasteiger partial charge in [0.25, 0.3) is 0 Å². The van der Waals surface area contributed by atoms with E-state index in [1.54, 1.807) is 11.3 Å². The first-order valence-corrected chi connectivity index (χ1v) is 8.03. The van der Waals surface area contributed by atoms with E-state index in [1.807, 2.05) is 27.7 Å². The minimum Gasteiger partial charge on any atom is -0.444 e. The van der Waals surface area contributed by atoms with Crippen LogP contribution in [0.3, 0.4) is 0 Å². The maximum Gasteiger partial charge on any atom is 0.407 e. The van der Waals surface area contributed by atoms with Crippen LogP contribution < -0.4 is 10.6 Å². The lowest BCUT2D eigenvalue weighted by molar-refractivity contribution is 0.0526. The van der Waals surface area contributed by atoms with E-state index in [9.17, 15) is 4.79 Å². The first-order chi connectivity index (χ1) is 9.65. The van der Waals surface area contributed by atoms with Gasteiger partial charge < -0.3 is 15.4 Å². The van der Waals surface area contributed by atoms with Gasteiger partial charge in [0.15, 0.2) is 0 Å². The molecule has 0 radical (unpaired) electrons. The SMILES string of the molecule is CC(C)Cc1nnc(NC(C)CNC(=O)OC(C)(C)C)s1. The zero-order chi connectivity index (χ0) is 16.0. The van der Waals surface area contributed by atoms with E-state index in [4.69, 9.17) is 4.74 Å². The van der Waals surface area contributed by atoms with Gasteiger partial charge in [0.2, 0.25) is 5.13 Å². The lowest BCUT2D eigenvalue weighted by atomic mass is 10.1. The third-order valence-corrected chi connectivity index (χ3v) is 3.25. The third kappa shape index (κ3) is 7.84. The van der Waals surface area contributed by atoms with Crippen molar-refractivity contribution in [1.82, 2.24) is 15.5 Å². The molecule has 0 saturated heterocycles. The molecule has 120 valence electrons. The van der Waals surface area contributed by atoms with E-state index < -0.39 is 11.7 Å². The number of rotatable bonds is 6. The summed E-state index contributed by atoms with van der Waals surface area (Å²) < 4.78 is 5.18.